The molecule has 2 rings (SSSR count). The molecule has 114 valence electrons. The Balaban J connectivity index is 2.25. The van der Waals surface area contributed by atoms with Gasteiger partial charge in [-0.25, -0.2) is 8.42 Å². The van der Waals surface area contributed by atoms with Crippen molar-refractivity contribution in [3.05, 3.63) is 24.0 Å². The molecule has 1 fully saturated rings. The lowest BCUT2D eigenvalue weighted by molar-refractivity contribution is 0.0762. The first-order valence-electron chi connectivity index (χ1n) is 6.62. The fraction of sp³-hybridized carbons (Fsp3) is 0.500. The number of aliphatic hydroxyl groups excluding tert-OH is 1. The first-order valence-corrected chi connectivity index (χ1v) is 8.06. The molecule has 1 aliphatic heterocycles. The van der Waals surface area contributed by atoms with E-state index in [1.54, 1.807) is 6.92 Å². The van der Waals surface area contributed by atoms with E-state index < -0.39 is 15.6 Å². The SMILES string of the molecule is CC1(O)CCN(S(=O)(=O)c2cncc(C#CCCO)c2)C1. The quantitative estimate of drug-likeness (QED) is 0.765. The molecule has 1 aliphatic rings. The number of hydrogen-bond acceptors (Lipinski definition) is 5. The Bertz CT molecular complexity index is 674. The predicted octanol–water partition coefficient (Wildman–Crippen LogP) is -0.0391. The number of sulfonamides is 1. The van der Waals surface area contributed by atoms with Crippen molar-refractivity contribution in [2.75, 3.05) is 19.7 Å². The number of aromatic nitrogens is 1. The van der Waals surface area contributed by atoms with E-state index >= 15 is 0 Å². The van der Waals surface area contributed by atoms with E-state index in [4.69, 9.17) is 5.11 Å². The normalized spacial score (nSPS) is 22.8. The minimum Gasteiger partial charge on any atom is -0.395 e. The zero-order valence-corrected chi connectivity index (χ0v) is 12.6. The van der Waals surface area contributed by atoms with Gasteiger partial charge in [0.25, 0.3) is 0 Å². The summed E-state index contributed by atoms with van der Waals surface area (Å²) in [7, 11) is -3.67. The highest BCUT2D eigenvalue weighted by Gasteiger charge is 2.38. The second-order valence-corrected chi connectivity index (χ2v) is 7.21. The Hall–Kier alpha value is -1.46. The molecule has 0 spiro atoms. The van der Waals surface area contributed by atoms with Gasteiger partial charge in [-0.15, -0.1) is 0 Å². The van der Waals surface area contributed by atoms with Crippen LogP contribution in [0.15, 0.2) is 23.4 Å². The van der Waals surface area contributed by atoms with Gasteiger partial charge in [0, 0.05) is 37.5 Å². The van der Waals surface area contributed by atoms with Crippen LogP contribution in [0.4, 0.5) is 0 Å². The Labute approximate surface area is 124 Å². The Kier molecular flexibility index (Phi) is 4.64. The van der Waals surface area contributed by atoms with E-state index in [9.17, 15) is 13.5 Å². The number of rotatable bonds is 3. The summed E-state index contributed by atoms with van der Waals surface area (Å²) in [5, 5.41) is 18.6. The summed E-state index contributed by atoms with van der Waals surface area (Å²) in [6.45, 7) is 1.95. The molecular weight excluding hydrogens is 292 g/mol. The monoisotopic (exact) mass is 310 g/mol. The first kappa shape index (κ1) is 15.9. The largest absolute Gasteiger partial charge is 0.395 e. The number of hydrogen-bond donors (Lipinski definition) is 2. The van der Waals surface area contributed by atoms with Gasteiger partial charge >= 0.3 is 0 Å². The second-order valence-electron chi connectivity index (χ2n) is 5.27. The lowest BCUT2D eigenvalue weighted by atomic mass is 10.1. The molecule has 0 aromatic carbocycles. The summed E-state index contributed by atoms with van der Waals surface area (Å²) >= 11 is 0. The Morgan fingerprint density at radius 2 is 2.24 bits per heavy atom. The van der Waals surface area contributed by atoms with Crippen LogP contribution < -0.4 is 0 Å². The van der Waals surface area contributed by atoms with Gasteiger partial charge in [0.05, 0.1) is 12.2 Å². The maximum absolute atomic E-state index is 12.5. The van der Waals surface area contributed by atoms with Crippen LogP contribution in [0.5, 0.6) is 0 Å². The smallest absolute Gasteiger partial charge is 0.244 e. The van der Waals surface area contributed by atoms with Crippen LogP contribution >= 0.6 is 0 Å². The van der Waals surface area contributed by atoms with Gasteiger partial charge in [0.2, 0.25) is 10.0 Å². The summed E-state index contributed by atoms with van der Waals surface area (Å²) in [6.07, 6.45) is 3.49. The molecule has 1 saturated heterocycles. The van der Waals surface area contributed by atoms with Crippen molar-refractivity contribution in [3.63, 3.8) is 0 Å². The maximum Gasteiger partial charge on any atom is 0.244 e. The highest BCUT2D eigenvalue weighted by atomic mass is 32.2. The molecule has 2 N–H and O–H groups in total. The van der Waals surface area contributed by atoms with Crippen molar-refractivity contribution in [3.8, 4) is 11.8 Å². The van der Waals surface area contributed by atoms with E-state index in [2.05, 4.69) is 16.8 Å². The topological polar surface area (TPSA) is 90.7 Å². The van der Waals surface area contributed by atoms with Crippen LogP contribution in [0, 0.1) is 11.8 Å². The molecule has 1 atom stereocenters. The molecule has 0 bridgehead atoms. The molecule has 0 radical (unpaired) electrons. The summed E-state index contributed by atoms with van der Waals surface area (Å²) in [4.78, 5) is 3.97. The third-order valence-electron chi connectivity index (χ3n) is 3.24. The number of β-amino-alcohol motifs (C(OH)–C–C–N with tert-alkyl or cyclic N) is 1. The van der Waals surface area contributed by atoms with Gasteiger partial charge in [-0.2, -0.15) is 4.31 Å². The van der Waals surface area contributed by atoms with E-state index in [1.165, 1.54) is 22.8 Å². The minimum absolute atomic E-state index is 0.0404. The molecule has 2 heterocycles. The average molecular weight is 310 g/mol. The van der Waals surface area contributed by atoms with E-state index in [0.717, 1.165) is 0 Å². The third-order valence-corrected chi connectivity index (χ3v) is 5.05. The fourth-order valence-corrected chi connectivity index (χ4v) is 3.65. The van der Waals surface area contributed by atoms with Crippen LogP contribution in [0.1, 0.15) is 25.3 Å². The molecule has 0 saturated carbocycles. The molecule has 1 aromatic heterocycles. The van der Waals surface area contributed by atoms with Gasteiger partial charge in [-0.1, -0.05) is 11.8 Å². The molecule has 0 aliphatic carbocycles. The van der Waals surface area contributed by atoms with Crippen molar-refractivity contribution in [2.24, 2.45) is 0 Å². The van der Waals surface area contributed by atoms with Gasteiger partial charge in [0.1, 0.15) is 4.90 Å². The highest BCUT2D eigenvalue weighted by Crippen LogP contribution is 2.26. The van der Waals surface area contributed by atoms with E-state index in [1.807, 2.05) is 0 Å². The summed E-state index contributed by atoms with van der Waals surface area (Å²) < 4.78 is 26.2. The molecule has 21 heavy (non-hydrogen) atoms. The van der Waals surface area contributed by atoms with Crippen LogP contribution in [-0.4, -0.2) is 53.2 Å². The van der Waals surface area contributed by atoms with Gasteiger partial charge < -0.3 is 10.2 Å². The zero-order valence-electron chi connectivity index (χ0n) is 11.8. The molecule has 1 unspecified atom stereocenters. The van der Waals surface area contributed by atoms with Gasteiger partial charge in [-0.3, -0.25) is 4.98 Å². The number of pyridine rings is 1. The van der Waals surface area contributed by atoms with Gasteiger partial charge in [0.15, 0.2) is 0 Å². The number of aliphatic hydroxyl groups is 2. The lowest BCUT2D eigenvalue weighted by Gasteiger charge is -2.18. The maximum atomic E-state index is 12.5. The third kappa shape index (κ3) is 3.80. The molecule has 0 amide bonds. The van der Waals surface area contributed by atoms with Gasteiger partial charge in [-0.05, 0) is 19.4 Å². The molecule has 1 aromatic rings. The number of nitrogens with zero attached hydrogens (tertiary/aromatic N) is 2. The Morgan fingerprint density at radius 3 is 2.86 bits per heavy atom. The predicted molar refractivity (Wildman–Crippen MR) is 76.8 cm³/mol. The molecule has 6 nitrogen and oxygen atoms in total. The van der Waals surface area contributed by atoms with Crippen molar-refractivity contribution < 1.29 is 18.6 Å². The van der Waals surface area contributed by atoms with Crippen molar-refractivity contribution in [1.29, 1.82) is 0 Å². The van der Waals surface area contributed by atoms with Crippen LogP contribution in [-0.2, 0) is 10.0 Å². The molecule has 7 heteroatoms. The second kappa shape index (κ2) is 6.12. The first-order chi connectivity index (χ1) is 9.85. The summed E-state index contributed by atoms with van der Waals surface area (Å²) in [5.74, 6) is 5.48. The van der Waals surface area contributed by atoms with Crippen LogP contribution in [0.3, 0.4) is 0 Å². The molecular formula is C14H18N2O4S. The standard InChI is InChI=1S/C14H18N2O4S/c1-14(18)5-6-16(11-14)21(19,20)13-8-12(9-15-10-13)4-2-3-7-17/h8-10,17-18H,3,5-7,11H2,1H3. The fourth-order valence-electron chi connectivity index (χ4n) is 2.11. The Morgan fingerprint density at radius 1 is 1.48 bits per heavy atom. The zero-order chi connectivity index (χ0) is 15.5. The van der Waals surface area contributed by atoms with Crippen molar-refractivity contribution in [1.82, 2.24) is 9.29 Å². The van der Waals surface area contributed by atoms with Crippen molar-refractivity contribution in [2.45, 2.75) is 30.3 Å². The summed E-state index contributed by atoms with van der Waals surface area (Å²) in [5.41, 5.74) is -0.505. The van der Waals surface area contributed by atoms with Crippen molar-refractivity contribution >= 4 is 10.0 Å². The lowest BCUT2D eigenvalue weighted by Crippen LogP contribution is -2.34. The highest BCUT2D eigenvalue weighted by molar-refractivity contribution is 7.89. The van der Waals surface area contributed by atoms with Crippen LogP contribution in [0.25, 0.3) is 0 Å². The van der Waals surface area contributed by atoms with Crippen LogP contribution in [0.2, 0.25) is 0 Å². The minimum atomic E-state index is -3.67. The summed E-state index contributed by atoms with van der Waals surface area (Å²) in [6, 6.07) is 1.46. The van der Waals surface area contributed by atoms with E-state index in [-0.39, 0.29) is 24.6 Å². The van der Waals surface area contributed by atoms with E-state index in [0.29, 0.717) is 18.4 Å². The average Bonchev–Trinajstić information content (AvgIpc) is 2.80.